The van der Waals surface area contributed by atoms with Gasteiger partial charge in [-0.3, -0.25) is 0 Å². The number of hydrogen-bond acceptors (Lipinski definition) is 2. The highest BCUT2D eigenvalue weighted by atomic mass is 16.3. The molecule has 0 unspecified atom stereocenters. The van der Waals surface area contributed by atoms with Crippen LogP contribution in [0.4, 0.5) is 0 Å². The third kappa shape index (κ3) is 2.34. The van der Waals surface area contributed by atoms with Gasteiger partial charge < -0.3 is 9.73 Å². The van der Waals surface area contributed by atoms with E-state index in [9.17, 15) is 0 Å². The third-order valence-electron chi connectivity index (χ3n) is 2.70. The number of nitrogens with one attached hydrogen (secondary N) is 1. The van der Waals surface area contributed by atoms with E-state index < -0.39 is 0 Å². The Morgan fingerprint density at radius 2 is 2.12 bits per heavy atom. The van der Waals surface area contributed by atoms with Crippen molar-refractivity contribution < 1.29 is 4.42 Å². The Labute approximate surface area is 96.3 Å². The number of benzene rings is 1. The van der Waals surface area contributed by atoms with E-state index in [0.717, 1.165) is 18.7 Å². The molecule has 0 saturated carbocycles. The van der Waals surface area contributed by atoms with Gasteiger partial charge in [-0.2, -0.15) is 0 Å². The second-order valence-corrected chi connectivity index (χ2v) is 3.94. The summed E-state index contributed by atoms with van der Waals surface area (Å²) >= 11 is 0. The molecule has 1 N–H and O–H groups in total. The van der Waals surface area contributed by atoms with Crippen LogP contribution in [-0.2, 0) is 6.54 Å². The summed E-state index contributed by atoms with van der Waals surface area (Å²) in [5.74, 6) is 0. The zero-order chi connectivity index (χ0) is 11.4. The molecule has 2 rings (SSSR count). The van der Waals surface area contributed by atoms with Gasteiger partial charge in [-0.25, -0.2) is 0 Å². The highest BCUT2D eigenvalue weighted by Gasteiger charge is 2.03. The fourth-order valence-corrected chi connectivity index (χ4v) is 1.85. The van der Waals surface area contributed by atoms with Crippen LogP contribution in [0, 0.1) is 6.92 Å². The molecule has 0 aliphatic carbocycles. The first-order valence-electron chi connectivity index (χ1n) is 5.64. The first-order valence-corrected chi connectivity index (χ1v) is 5.64. The summed E-state index contributed by atoms with van der Waals surface area (Å²) < 4.78 is 5.11. The van der Waals surface area contributed by atoms with Crippen LogP contribution in [0.1, 0.15) is 18.1 Å². The zero-order valence-corrected chi connectivity index (χ0v) is 9.79. The summed E-state index contributed by atoms with van der Waals surface area (Å²) in [6.45, 7) is 6.19. The Morgan fingerprint density at radius 3 is 2.75 bits per heavy atom. The maximum Gasteiger partial charge on any atom is 0.0981 e. The lowest BCUT2D eigenvalue weighted by Crippen LogP contribution is -2.11. The highest BCUT2D eigenvalue weighted by Crippen LogP contribution is 2.24. The summed E-state index contributed by atoms with van der Waals surface area (Å²) in [6, 6.07) is 8.54. The lowest BCUT2D eigenvalue weighted by Gasteiger charge is -2.07. The molecular weight excluding hydrogens is 198 g/mol. The van der Waals surface area contributed by atoms with E-state index in [1.807, 2.05) is 6.07 Å². The molecule has 0 aliphatic heterocycles. The van der Waals surface area contributed by atoms with Gasteiger partial charge in [0.15, 0.2) is 0 Å². The molecule has 2 aromatic rings. The van der Waals surface area contributed by atoms with Crippen molar-refractivity contribution in [3.8, 4) is 11.1 Å². The van der Waals surface area contributed by atoms with E-state index in [1.54, 1.807) is 12.5 Å². The molecule has 16 heavy (non-hydrogen) atoms. The zero-order valence-electron chi connectivity index (χ0n) is 9.79. The number of hydrogen-bond donors (Lipinski definition) is 1. The highest BCUT2D eigenvalue weighted by molar-refractivity contribution is 5.66. The van der Waals surface area contributed by atoms with Gasteiger partial charge in [0, 0.05) is 12.1 Å². The maximum atomic E-state index is 5.11. The van der Waals surface area contributed by atoms with Crippen molar-refractivity contribution >= 4 is 0 Å². The molecule has 2 heteroatoms. The van der Waals surface area contributed by atoms with Crippen LogP contribution >= 0.6 is 0 Å². The largest absolute Gasteiger partial charge is 0.472 e. The maximum absolute atomic E-state index is 5.11. The van der Waals surface area contributed by atoms with E-state index in [1.165, 1.54) is 16.7 Å². The van der Waals surface area contributed by atoms with Gasteiger partial charge in [0.05, 0.1) is 12.5 Å². The van der Waals surface area contributed by atoms with E-state index >= 15 is 0 Å². The van der Waals surface area contributed by atoms with Crippen molar-refractivity contribution in [2.75, 3.05) is 6.54 Å². The molecule has 1 aromatic carbocycles. The van der Waals surface area contributed by atoms with Crippen LogP contribution in [0.5, 0.6) is 0 Å². The van der Waals surface area contributed by atoms with Crippen molar-refractivity contribution in [3.63, 3.8) is 0 Å². The lowest BCUT2D eigenvalue weighted by molar-refractivity contribution is 0.568. The van der Waals surface area contributed by atoms with Gasteiger partial charge in [-0.15, -0.1) is 0 Å². The first kappa shape index (κ1) is 11.0. The minimum Gasteiger partial charge on any atom is -0.472 e. The molecule has 84 valence electrons. The standard InChI is InChI=1S/C14H17NO/c1-3-15-9-12-4-5-14(11(2)8-12)13-6-7-16-10-13/h4-8,10,15H,3,9H2,1-2H3. The molecule has 0 saturated heterocycles. The first-order chi connectivity index (χ1) is 7.81. The fraction of sp³-hybridized carbons (Fsp3) is 0.286. The molecule has 2 nitrogen and oxygen atoms in total. The third-order valence-corrected chi connectivity index (χ3v) is 2.70. The molecule has 0 aliphatic rings. The molecule has 0 fully saturated rings. The predicted octanol–water partition coefficient (Wildman–Crippen LogP) is 3.36. The summed E-state index contributed by atoms with van der Waals surface area (Å²) in [4.78, 5) is 0. The second-order valence-electron chi connectivity index (χ2n) is 3.94. The SMILES string of the molecule is CCNCc1ccc(-c2ccoc2)c(C)c1. The van der Waals surface area contributed by atoms with Crippen molar-refractivity contribution in [1.82, 2.24) is 5.32 Å². The summed E-state index contributed by atoms with van der Waals surface area (Å²) in [5, 5.41) is 3.33. The van der Waals surface area contributed by atoms with Crippen molar-refractivity contribution in [3.05, 3.63) is 47.9 Å². The molecule has 0 radical (unpaired) electrons. The van der Waals surface area contributed by atoms with Crippen LogP contribution in [0.2, 0.25) is 0 Å². The minimum atomic E-state index is 0.934. The average Bonchev–Trinajstić information content (AvgIpc) is 2.80. The topological polar surface area (TPSA) is 25.2 Å². The lowest BCUT2D eigenvalue weighted by atomic mass is 10.0. The average molecular weight is 215 g/mol. The smallest absolute Gasteiger partial charge is 0.0981 e. The Bertz CT molecular complexity index is 446. The molecule has 0 bridgehead atoms. The quantitative estimate of drug-likeness (QED) is 0.846. The molecule has 0 amide bonds. The molecule has 0 spiro atoms. The van der Waals surface area contributed by atoms with Gasteiger partial charge >= 0.3 is 0 Å². The van der Waals surface area contributed by atoms with Gasteiger partial charge in [0.1, 0.15) is 0 Å². The predicted molar refractivity (Wildman–Crippen MR) is 66.3 cm³/mol. The van der Waals surface area contributed by atoms with Crippen LogP contribution in [0.3, 0.4) is 0 Å². The normalized spacial score (nSPS) is 10.6. The van der Waals surface area contributed by atoms with E-state index in [-0.39, 0.29) is 0 Å². The number of furan rings is 1. The van der Waals surface area contributed by atoms with Crippen LogP contribution < -0.4 is 5.32 Å². The molecular formula is C14H17NO. The number of rotatable bonds is 4. The van der Waals surface area contributed by atoms with Crippen LogP contribution in [0.25, 0.3) is 11.1 Å². The van der Waals surface area contributed by atoms with Crippen LogP contribution in [0.15, 0.2) is 41.2 Å². The van der Waals surface area contributed by atoms with Crippen molar-refractivity contribution in [2.45, 2.75) is 20.4 Å². The van der Waals surface area contributed by atoms with E-state index in [0.29, 0.717) is 0 Å². The second kappa shape index (κ2) is 4.99. The molecule has 0 atom stereocenters. The van der Waals surface area contributed by atoms with Gasteiger partial charge in [0.25, 0.3) is 0 Å². The van der Waals surface area contributed by atoms with Crippen molar-refractivity contribution in [1.29, 1.82) is 0 Å². The van der Waals surface area contributed by atoms with Crippen molar-refractivity contribution in [2.24, 2.45) is 0 Å². The summed E-state index contributed by atoms with van der Waals surface area (Å²) in [6.07, 6.45) is 3.49. The summed E-state index contributed by atoms with van der Waals surface area (Å²) in [7, 11) is 0. The molecule has 1 aromatic heterocycles. The Balaban J connectivity index is 2.23. The fourth-order valence-electron chi connectivity index (χ4n) is 1.85. The monoisotopic (exact) mass is 215 g/mol. The minimum absolute atomic E-state index is 0.934. The van der Waals surface area contributed by atoms with Gasteiger partial charge in [-0.05, 0) is 36.2 Å². The van der Waals surface area contributed by atoms with Gasteiger partial charge in [-0.1, -0.05) is 25.1 Å². The van der Waals surface area contributed by atoms with Gasteiger partial charge in [0.2, 0.25) is 0 Å². The van der Waals surface area contributed by atoms with Crippen LogP contribution in [-0.4, -0.2) is 6.54 Å². The number of aryl methyl sites for hydroxylation is 1. The Morgan fingerprint density at radius 1 is 1.25 bits per heavy atom. The Hall–Kier alpha value is -1.54. The Kier molecular flexibility index (Phi) is 3.42. The molecule has 1 heterocycles. The summed E-state index contributed by atoms with van der Waals surface area (Å²) in [5.41, 5.74) is 5.00. The van der Waals surface area contributed by atoms with E-state index in [2.05, 4.69) is 37.4 Å². The van der Waals surface area contributed by atoms with E-state index in [4.69, 9.17) is 4.42 Å².